The second-order valence-electron chi connectivity index (χ2n) is 6.30. The highest BCUT2D eigenvalue weighted by Crippen LogP contribution is 2.46. The summed E-state index contributed by atoms with van der Waals surface area (Å²) in [5.74, 6) is 0.316. The molecule has 0 bridgehead atoms. The summed E-state index contributed by atoms with van der Waals surface area (Å²) in [5.41, 5.74) is 0.707. The smallest absolute Gasteiger partial charge is 0.168 e. The molecule has 1 aliphatic carbocycles. The lowest BCUT2D eigenvalue weighted by molar-refractivity contribution is -0.124. The first-order valence-corrected chi connectivity index (χ1v) is 8.17. The van der Waals surface area contributed by atoms with Crippen LogP contribution < -0.4 is 0 Å². The predicted octanol–water partition coefficient (Wildman–Crippen LogP) is 5.36. The molecule has 2 heteroatoms. The lowest BCUT2D eigenvalue weighted by atomic mass is 9.76. The van der Waals surface area contributed by atoms with Gasteiger partial charge < -0.3 is 4.74 Å². The fourth-order valence-electron chi connectivity index (χ4n) is 3.04. The second kappa shape index (κ2) is 8.86. The fourth-order valence-corrected chi connectivity index (χ4v) is 3.04. The minimum atomic E-state index is -0.168. The number of hydrogen-bond donors (Lipinski definition) is 0. The summed E-state index contributed by atoms with van der Waals surface area (Å²) in [6, 6.07) is 0. The van der Waals surface area contributed by atoms with Gasteiger partial charge >= 0.3 is 0 Å². The number of carbonyl (C=O) groups excluding carboxylic acids is 1. The van der Waals surface area contributed by atoms with Crippen LogP contribution in [0.2, 0.25) is 0 Å². The van der Waals surface area contributed by atoms with Gasteiger partial charge in [-0.25, -0.2) is 0 Å². The molecule has 21 heavy (non-hydrogen) atoms. The molecule has 0 heterocycles. The third-order valence-corrected chi connectivity index (χ3v) is 4.26. The number of rotatable bonds is 10. The Morgan fingerprint density at radius 1 is 1.19 bits per heavy atom. The topological polar surface area (TPSA) is 26.3 Å². The molecule has 2 nitrogen and oxygen atoms in total. The van der Waals surface area contributed by atoms with Crippen molar-refractivity contribution in [2.75, 3.05) is 0 Å². The van der Waals surface area contributed by atoms with E-state index >= 15 is 0 Å². The number of ether oxygens (including phenoxy) is 1. The third kappa shape index (κ3) is 5.18. The quantitative estimate of drug-likeness (QED) is 0.234. The zero-order chi connectivity index (χ0) is 15.7. The molecule has 0 amide bonds. The van der Waals surface area contributed by atoms with Crippen LogP contribution in [0, 0.1) is 5.41 Å². The summed E-state index contributed by atoms with van der Waals surface area (Å²) >= 11 is 0. The van der Waals surface area contributed by atoms with Gasteiger partial charge in [-0.3, -0.25) is 4.79 Å². The summed E-state index contributed by atoms with van der Waals surface area (Å²) < 4.78 is 5.53. The van der Waals surface area contributed by atoms with Crippen LogP contribution in [0.5, 0.6) is 0 Å². The van der Waals surface area contributed by atoms with Crippen molar-refractivity contribution in [3.63, 3.8) is 0 Å². The molecule has 118 valence electrons. The first-order valence-electron chi connectivity index (χ1n) is 8.17. The van der Waals surface area contributed by atoms with Crippen molar-refractivity contribution < 1.29 is 9.53 Å². The van der Waals surface area contributed by atoms with Gasteiger partial charge in [0.25, 0.3) is 0 Å². The lowest BCUT2D eigenvalue weighted by Gasteiger charge is -2.27. The highest BCUT2D eigenvalue weighted by Gasteiger charge is 2.43. The predicted molar refractivity (Wildman–Crippen MR) is 89.1 cm³/mol. The van der Waals surface area contributed by atoms with Crippen molar-refractivity contribution in [3.05, 3.63) is 37.1 Å². The van der Waals surface area contributed by atoms with Crippen LogP contribution >= 0.6 is 0 Å². The molecule has 1 aliphatic rings. The van der Waals surface area contributed by atoms with Gasteiger partial charge in [0.2, 0.25) is 0 Å². The van der Waals surface area contributed by atoms with Gasteiger partial charge in [0.15, 0.2) is 5.78 Å². The van der Waals surface area contributed by atoms with Crippen LogP contribution in [0.3, 0.4) is 0 Å². The molecule has 0 aromatic heterocycles. The van der Waals surface area contributed by atoms with Crippen LogP contribution in [-0.4, -0.2) is 11.9 Å². The van der Waals surface area contributed by atoms with E-state index in [-0.39, 0.29) is 11.5 Å². The molecule has 1 rings (SSSR count). The van der Waals surface area contributed by atoms with Crippen molar-refractivity contribution in [2.45, 2.75) is 71.3 Å². The lowest BCUT2D eigenvalue weighted by Crippen LogP contribution is -2.26. The Morgan fingerprint density at radius 2 is 1.76 bits per heavy atom. The number of Topliss-reactive ketones (excluding diaryl/α,β-unsaturated/α-hetero) is 1. The van der Waals surface area contributed by atoms with Crippen LogP contribution in [0.4, 0.5) is 0 Å². The molecular weight excluding hydrogens is 260 g/mol. The Morgan fingerprint density at radius 3 is 2.24 bits per heavy atom. The minimum absolute atomic E-state index is 0.127. The molecule has 0 spiro atoms. The van der Waals surface area contributed by atoms with E-state index in [0.29, 0.717) is 5.78 Å². The van der Waals surface area contributed by atoms with E-state index < -0.39 is 0 Å². The number of hydrogen-bond acceptors (Lipinski definition) is 2. The standard InChI is InChI=1S/C19H30O2/c1-5-7-9-12-19(13-10-8-6-2)14-11-17(18(19)20)15-21-16(3)4/h5-6,15-16H,1-2,7-14H2,3-4H3. The Labute approximate surface area is 130 Å². The Kier molecular flexibility index (Phi) is 7.49. The largest absolute Gasteiger partial charge is 0.498 e. The Bertz CT molecular complexity index is 376. The van der Waals surface area contributed by atoms with Crippen molar-refractivity contribution in [3.8, 4) is 0 Å². The molecule has 0 atom stereocenters. The molecule has 0 saturated heterocycles. The maximum absolute atomic E-state index is 12.8. The van der Waals surface area contributed by atoms with Crippen LogP contribution in [0.1, 0.15) is 65.2 Å². The van der Waals surface area contributed by atoms with Crippen LogP contribution in [0.15, 0.2) is 37.1 Å². The molecule has 0 aromatic carbocycles. The molecule has 0 radical (unpaired) electrons. The van der Waals surface area contributed by atoms with Crippen molar-refractivity contribution >= 4 is 5.78 Å². The van der Waals surface area contributed by atoms with Gasteiger partial charge in [-0.1, -0.05) is 12.2 Å². The number of unbranched alkanes of at least 4 members (excludes halogenated alkanes) is 2. The highest BCUT2D eigenvalue weighted by molar-refractivity contribution is 6.01. The van der Waals surface area contributed by atoms with Crippen molar-refractivity contribution in [2.24, 2.45) is 5.41 Å². The van der Waals surface area contributed by atoms with E-state index in [1.807, 2.05) is 26.0 Å². The fraction of sp³-hybridized carbons (Fsp3) is 0.632. The first-order chi connectivity index (χ1) is 10.1. The van der Waals surface area contributed by atoms with Crippen LogP contribution in [-0.2, 0) is 9.53 Å². The summed E-state index contributed by atoms with van der Waals surface area (Å²) in [5, 5.41) is 0. The van der Waals surface area contributed by atoms with Gasteiger partial charge in [-0.15, -0.1) is 13.2 Å². The van der Waals surface area contributed by atoms with Gasteiger partial charge in [-0.05, 0) is 65.2 Å². The second-order valence-corrected chi connectivity index (χ2v) is 6.30. The number of ketones is 1. The summed E-state index contributed by atoms with van der Waals surface area (Å²) in [6.45, 7) is 11.5. The monoisotopic (exact) mass is 290 g/mol. The highest BCUT2D eigenvalue weighted by atomic mass is 16.5. The zero-order valence-electron chi connectivity index (χ0n) is 13.7. The van der Waals surface area contributed by atoms with Gasteiger partial charge in [0.1, 0.15) is 0 Å². The molecule has 0 unspecified atom stereocenters. The molecule has 0 aliphatic heterocycles. The van der Waals surface area contributed by atoms with Crippen molar-refractivity contribution in [1.82, 2.24) is 0 Å². The summed E-state index contributed by atoms with van der Waals surface area (Å²) in [4.78, 5) is 12.8. The zero-order valence-corrected chi connectivity index (χ0v) is 13.7. The Balaban J connectivity index is 2.76. The summed E-state index contributed by atoms with van der Waals surface area (Å²) in [7, 11) is 0. The maximum Gasteiger partial charge on any atom is 0.168 e. The maximum atomic E-state index is 12.8. The third-order valence-electron chi connectivity index (χ3n) is 4.26. The van der Waals surface area contributed by atoms with E-state index in [9.17, 15) is 4.79 Å². The SMILES string of the molecule is C=CCCCC1(CCCC=C)CCC(=COC(C)C)C1=O. The van der Waals surface area contributed by atoms with Crippen LogP contribution in [0.25, 0.3) is 0 Å². The molecule has 1 saturated carbocycles. The van der Waals surface area contributed by atoms with Gasteiger partial charge in [-0.2, -0.15) is 0 Å². The van der Waals surface area contributed by atoms with Gasteiger partial charge in [0, 0.05) is 11.0 Å². The van der Waals surface area contributed by atoms with E-state index in [4.69, 9.17) is 4.74 Å². The van der Waals surface area contributed by atoms with E-state index in [1.54, 1.807) is 6.26 Å². The Hall–Kier alpha value is -1.31. The first kappa shape index (κ1) is 17.7. The molecular formula is C19H30O2. The average molecular weight is 290 g/mol. The minimum Gasteiger partial charge on any atom is -0.498 e. The number of allylic oxidation sites excluding steroid dienone is 3. The van der Waals surface area contributed by atoms with E-state index in [0.717, 1.165) is 56.9 Å². The van der Waals surface area contributed by atoms with E-state index in [1.165, 1.54) is 0 Å². The van der Waals surface area contributed by atoms with Crippen molar-refractivity contribution in [1.29, 1.82) is 0 Å². The molecule has 1 fully saturated rings. The number of carbonyl (C=O) groups is 1. The molecule has 0 N–H and O–H groups in total. The molecule has 0 aromatic rings. The normalized spacial score (nSPS) is 19.2. The average Bonchev–Trinajstić information content (AvgIpc) is 2.75. The summed E-state index contributed by atoms with van der Waals surface area (Å²) in [6.07, 6.45) is 13.5. The van der Waals surface area contributed by atoms with E-state index in [2.05, 4.69) is 13.2 Å². The van der Waals surface area contributed by atoms with Gasteiger partial charge in [0.05, 0.1) is 12.4 Å².